The van der Waals surface area contributed by atoms with E-state index in [0.717, 1.165) is 42.6 Å². The van der Waals surface area contributed by atoms with E-state index in [1.165, 1.54) is 11.5 Å². The molecular weight excluding hydrogens is 300 g/mol. The van der Waals surface area contributed by atoms with Crippen molar-refractivity contribution in [3.63, 3.8) is 0 Å². The Morgan fingerprint density at radius 2 is 2.36 bits per heavy atom. The number of nitrogens with one attached hydrogen (secondary N) is 1. The van der Waals surface area contributed by atoms with E-state index in [1.807, 2.05) is 13.0 Å². The van der Waals surface area contributed by atoms with Crippen LogP contribution in [0.2, 0.25) is 0 Å². The first-order chi connectivity index (χ1) is 10.7. The van der Waals surface area contributed by atoms with Crippen molar-refractivity contribution in [2.24, 2.45) is 0 Å². The number of nitrogens with zero attached hydrogens (tertiary/aromatic N) is 5. The van der Waals surface area contributed by atoms with Gasteiger partial charge in [0.15, 0.2) is 0 Å². The van der Waals surface area contributed by atoms with Gasteiger partial charge in [0, 0.05) is 56.1 Å². The lowest BCUT2D eigenvalue weighted by Crippen LogP contribution is -2.26. The Morgan fingerprint density at radius 1 is 1.45 bits per heavy atom. The third-order valence-electron chi connectivity index (χ3n) is 3.57. The zero-order valence-electron chi connectivity index (χ0n) is 12.8. The molecule has 0 saturated carbocycles. The largest absolute Gasteiger partial charge is 0.384 e. The van der Waals surface area contributed by atoms with Crippen LogP contribution < -0.4 is 10.2 Å². The summed E-state index contributed by atoms with van der Waals surface area (Å²) >= 11 is 1.46. The summed E-state index contributed by atoms with van der Waals surface area (Å²) in [5.41, 5.74) is 0.972. The third kappa shape index (κ3) is 3.69. The van der Waals surface area contributed by atoms with E-state index in [-0.39, 0.29) is 0 Å². The SMILES string of the molecule is COCCc1nsc(N2CCC(Nc3nccc(C)n3)C2)n1. The van der Waals surface area contributed by atoms with Crippen molar-refractivity contribution in [3.8, 4) is 0 Å². The van der Waals surface area contributed by atoms with Crippen LogP contribution in [0.15, 0.2) is 12.3 Å². The molecule has 8 heteroatoms. The first kappa shape index (κ1) is 15.1. The highest BCUT2D eigenvalue weighted by Gasteiger charge is 2.25. The molecule has 0 radical (unpaired) electrons. The maximum absolute atomic E-state index is 5.06. The van der Waals surface area contributed by atoms with Crippen LogP contribution in [0.3, 0.4) is 0 Å². The lowest BCUT2D eigenvalue weighted by Gasteiger charge is -2.15. The summed E-state index contributed by atoms with van der Waals surface area (Å²) in [6.45, 7) is 4.50. The van der Waals surface area contributed by atoms with Crippen LogP contribution in [0.25, 0.3) is 0 Å². The van der Waals surface area contributed by atoms with Crippen LogP contribution in [0, 0.1) is 6.92 Å². The molecule has 0 spiro atoms. The lowest BCUT2D eigenvalue weighted by atomic mass is 10.3. The first-order valence-corrected chi connectivity index (χ1v) is 8.14. The Morgan fingerprint density at radius 3 is 3.18 bits per heavy atom. The average Bonchev–Trinajstić information content (AvgIpc) is 3.14. The molecule has 22 heavy (non-hydrogen) atoms. The first-order valence-electron chi connectivity index (χ1n) is 7.37. The number of hydrogen-bond donors (Lipinski definition) is 1. The molecule has 1 aliphatic heterocycles. The number of rotatable bonds is 6. The normalized spacial score (nSPS) is 17.9. The molecule has 0 aromatic carbocycles. The molecule has 2 aromatic heterocycles. The Labute approximate surface area is 133 Å². The lowest BCUT2D eigenvalue weighted by molar-refractivity contribution is 0.201. The Hall–Kier alpha value is -1.80. The Bertz CT molecular complexity index is 619. The third-order valence-corrected chi connectivity index (χ3v) is 4.39. The van der Waals surface area contributed by atoms with Gasteiger partial charge in [-0.15, -0.1) is 0 Å². The van der Waals surface area contributed by atoms with Crippen LogP contribution >= 0.6 is 11.5 Å². The van der Waals surface area contributed by atoms with E-state index < -0.39 is 0 Å². The van der Waals surface area contributed by atoms with E-state index in [1.54, 1.807) is 13.3 Å². The van der Waals surface area contributed by atoms with Crippen LogP contribution in [0.5, 0.6) is 0 Å². The minimum atomic E-state index is 0.341. The van der Waals surface area contributed by atoms with Gasteiger partial charge in [-0.05, 0) is 19.4 Å². The summed E-state index contributed by atoms with van der Waals surface area (Å²) in [5, 5.41) is 4.38. The summed E-state index contributed by atoms with van der Waals surface area (Å²) in [5.74, 6) is 1.56. The molecule has 1 atom stereocenters. The molecule has 3 heterocycles. The van der Waals surface area contributed by atoms with E-state index in [4.69, 9.17) is 4.74 Å². The van der Waals surface area contributed by atoms with Crippen molar-refractivity contribution in [1.82, 2.24) is 19.3 Å². The predicted octanol–water partition coefficient (Wildman–Crippen LogP) is 1.52. The molecule has 1 fully saturated rings. The Balaban J connectivity index is 1.56. The van der Waals surface area contributed by atoms with Crippen LogP contribution in [-0.2, 0) is 11.2 Å². The van der Waals surface area contributed by atoms with Gasteiger partial charge in [-0.1, -0.05) is 0 Å². The van der Waals surface area contributed by atoms with Crippen LogP contribution in [0.4, 0.5) is 11.1 Å². The van der Waals surface area contributed by atoms with Gasteiger partial charge in [0.25, 0.3) is 0 Å². The van der Waals surface area contributed by atoms with E-state index in [2.05, 4.69) is 29.5 Å². The van der Waals surface area contributed by atoms with Crippen molar-refractivity contribution >= 4 is 22.6 Å². The maximum atomic E-state index is 5.06. The molecule has 1 aliphatic rings. The minimum Gasteiger partial charge on any atom is -0.384 e. The molecule has 118 valence electrons. The second-order valence-electron chi connectivity index (χ2n) is 5.33. The molecule has 0 aliphatic carbocycles. The molecule has 7 nitrogen and oxygen atoms in total. The zero-order chi connectivity index (χ0) is 15.4. The molecule has 0 bridgehead atoms. The minimum absolute atomic E-state index is 0.341. The fraction of sp³-hybridized carbons (Fsp3) is 0.571. The summed E-state index contributed by atoms with van der Waals surface area (Å²) < 4.78 is 9.44. The van der Waals surface area contributed by atoms with E-state index >= 15 is 0 Å². The molecule has 2 aromatic rings. The monoisotopic (exact) mass is 320 g/mol. The predicted molar refractivity (Wildman–Crippen MR) is 86.5 cm³/mol. The fourth-order valence-electron chi connectivity index (χ4n) is 2.42. The van der Waals surface area contributed by atoms with Crippen LogP contribution in [0.1, 0.15) is 17.9 Å². The molecule has 0 amide bonds. The van der Waals surface area contributed by atoms with Crippen molar-refractivity contribution in [2.45, 2.75) is 25.8 Å². The van der Waals surface area contributed by atoms with Crippen molar-refractivity contribution in [2.75, 3.05) is 37.0 Å². The van der Waals surface area contributed by atoms with Crippen molar-refractivity contribution < 1.29 is 4.74 Å². The Kier molecular flexibility index (Phi) is 4.79. The maximum Gasteiger partial charge on any atom is 0.223 e. The number of aromatic nitrogens is 4. The zero-order valence-corrected chi connectivity index (χ0v) is 13.6. The molecule has 1 saturated heterocycles. The highest BCUT2D eigenvalue weighted by molar-refractivity contribution is 7.09. The molecular formula is C14H20N6OS. The van der Waals surface area contributed by atoms with Crippen molar-refractivity contribution in [3.05, 3.63) is 23.8 Å². The van der Waals surface area contributed by atoms with Gasteiger partial charge in [-0.3, -0.25) is 0 Å². The van der Waals surface area contributed by atoms with Gasteiger partial charge in [-0.25, -0.2) is 15.0 Å². The quantitative estimate of drug-likeness (QED) is 0.864. The highest BCUT2D eigenvalue weighted by atomic mass is 32.1. The second-order valence-corrected chi connectivity index (χ2v) is 6.06. The summed E-state index contributed by atoms with van der Waals surface area (Å²) in [6, 6.07) is 2.24. The van der Waals surface area contributed by atoms with Gasteiger partial charge in [0.2, 0.25) is 11.1 Å². The molecule has 3 rings (SSSR count). The van der Waals surface area contributed by atoms with Gasteiger partial charge in [-0.2, -0.15) is 4.37 Å². The number of aryl methyl sites for hydroxylation is 1. The summed E-state index contributed by atoms with van der Waals surface area (Å²) in [4.78, 5) is 15.5. The highest BCUT2D eigenvalue weighted by Crippen LogP contribution is 2.23. The smallest absolute Gasteiger partial charge is 0.223 e. The standard InChI is InChI=1S/C14H20N6OS/c1-10-3-6-15-13(16-10)17-11-4-7-20(9-11)14-18-12(19-22-14)5-8-21-2/h3,6,11H,4-5,7-9H2,1-2H3,(H,15,16,17). The molecule has 1 unspecified atom stereocenters. The topological polar surface area (TPSA) is 76.1 Å². The van der Waals surface area contributed by atoms with Gasteiger partial charge < -0.3 is 15.0 Å². The number of hydrogen-bond acceptors (Lipinski definition) is 8. The summed E-state index contributed by atoms with van der Waals surface area (Å²) in [7, 11) is 1.69. The average molecular weight is 320 g/mol. The number of ether oxygens (including phenoxy) is 1. The van der Waals surface area contributed by atoms with Gasteiger partial charge in [0.1, 0.15) is 5.82 Å². The second kappa shape index (κ2) is 6.97. The van der Waals surface area contributed by atoms with Crippen LogP contribution in [-0.4, -0.2) is 52.2 Å². The number of anilines is 2. The van der Waals surface area contributed by atoms with Crippen molar-refractivity contribution in [1.29, 1.82) is 0 Å². The summed E-state index contributed by atoms with van der Waals surface area (Å²) in [6.07, 6.45) is 3.59. The number of methoxy groups -OCH3 is 1. The van der Waals surface area contributed by atoms with E-state index in [9.17, 15) is 0 Å². The fourth-order valence-corrected chi connectivity index (χ4v) is 3.17. The molecule has 1 N–H and O–H groups in total. The van der Waals surface area contributed by atoms with E-state index in [0.29, 0.717) is 18.6 Å². The van der Waals surface area contributed by atoms with Gasteiger partial charge >= 0.3 is 0 Å². The van der Waals surface area contributed by atoms with Gasteiger partial charge in [0.05, 0.1) is 6.61 Å².